The molecule has 3 rings (SSSR count). The summed E-state index contributed by atoms with van der Waals surface area (Å²) in [6.45, 7) is 0. The van der Waals surface area contributed by atoms with Crippen molar-refractivity contribution in [2.45, 2.75) is 18.5 Å². The van der Waals surface area contributed by atoms with Crippen molar-refractivity contribution in [2.24, 2.45) is 0 Å². The summed E-state index contributed by atoms with van der Waals surface area (Å²) in [6.07, 6.45) is 7.00. The number of nitrogens with one attached hydrogen (secondary N) is 2. The highest BCUT2D eigenvalue weighted by Crippen LogP contribution is 2.27. The van der Waals surface area contributed by atoms with E-state index in [9.17, 15) is 0 Å². The van der Waals surface area contributed by atoms with Gasteiger partial charge in [-0.1, -0.05) is 36.4 Å². The monoisotopic (exact) mass is 251 g/mol. The Hall–Kier alpha value is -2.29. The first-order chi connectivity index (χ1) is 9.43. The molecule has 0 saturated carbocycles. The van der Waals surface area contributed by atoms with Gasteiger partial charge in [-0.05, 0) is 24.1 Å². The minimum absolute atomic E-state index is 0.271. The van der Waals surface area contributed by atoms with Crippen LogP contribution in [0, 0.1) is 0 Å². The molecule has 1 unspecified atom stereocenters. The number of pyridine rings is 1. The topological polar surface area (TPSA) is 37.0 Å². The van der Waals surface area contributed by atoms with Crippen molar-refractivity contribution in [1.29, 1.82) is 0 Å². The Kier molecular flexibility index (Phi) is 3.45. The molecule has 0 spiro atoms. The average Bonchev–Trinajstić information content (AvgIpc) is 3.00. The molecule has 2 aromatic rings. The molecule has 1 aliphatic heterocycles. The lowest BCUT2D eigenvalue weighted by Gasteiger charge is -2.21. The molecule has 0 saturated heterocycles. The highest BCUT2D eigenvalue weighted by molar-refractivity contribution is 5.28. The van der Waals surface area contributed by atoms with Gasteiger partial charge in [-0.15, -0.1) is 0 Å². The van der Waals surface area contributed by atoms with Gasteiger partial charge >= 0.3 is 0 Å². The summed E-state index contributed by atoms with van der Waals surface area (Å²) in [7, 11) is 0. The number of hydrogen-bond donors (Lipinski definition) is 2. The van der Waals surface area contributed by atoms with Crippen LogP contribution in [-0.4, -0.2) is 11.1 Å². The van der Waals surface area contributed by atoms with Crippen LogP contribution in [0.15, 0.2) is 67.1 Å². The Morgan fingerprint density at radius 1 is 0.947 bits per heavy atom. The third kappa shape index (κ3) is 2.76. The predicted octanol–water partition coefficient (Wildman–Crippen LogP) is 2.59. The summed E-state index contributed by atoms with van der Waals surface area (Å²) in [5.74, 6) is 0.298. The zero-order chi connectivity index (χ0) is 12.9. The molecule has 1 aromatic carbocycles. The van der Waals surface area contributed by atoms with Crippen molar-refractivity contribution in [3.63, 3.8) is 0 Å². The lowest BCUT2D eigenvalue weighted by molar-refractivity contribution is 0.493. The minimum atomic E-state index is 0.271. The van der Waals surface area contributed by atoms with E-state index >= 15 is 0 Å². The number of aromatic nitrogens is 1. The van der Waals surface area contributed by atoms with Crippen molar-refractivity contribution in [3.8, 4) is 0 Å². The van der Waals surface area contributed by atoms with Gasteiger partial charge in [0.1, 0.15) is 0 Å². The van der Waals surface area contributed by atoms with Crippen LogP contribution in [0.25, 0.3) is 0 Å². The second-order valence-corrected chi connectivity index (χ2v) is 4.67. The van der Waals surface area contributed by atoms with Crippen molar-refractivity contribution in [2.75, 3.05) is 0 Å². The minimum Gasteiger partial charge on any atom is -0.370 e. The fourth-order valence-corrected chi connectivity index (χ4v) is 2.44. The van der Waals surface area contributed by atoms with E-state index in [1.165, 1.54) is 5.56 Å². The number of hydrogen-bond acceptors (Lipinski definition) is 3. The Balaban J connectivity index is 1.87. The van der Waals surface area contributed by atoms with Crippen LogP contribution >= 0.6 is 0 Å². The molecular formula is C16H17N3. The van der Waals surface area contributed by atoms with Crippen molar-refractivity contribution in [1.82, 2.24) is 15.6 Å². The summed E-state index contributed by atoms with van der Waals surface area (Å²) in [6, 6.07) is 16.7. The van der Waals surface area contributed by atoms with Gasteiger partial charge in [0.2, 0.25) is 0 Å². The number of benzene rings is 1. The van der Waals surface area contributed by atoms with Gasteiger partial charge in [-0.2, -0.15) is 0 Å². The maximum Gasteiger partial charge on any atom is 0.0965 e. The molecule has 0 amide bonds. The predicted molar refractivity (Wildman–Crippen MR) is 76.3 cm³/mol. The van der Waals surface area contributed by atoms with Crippen molar-refractivity contribution in [3.05, 3.63) is 78.4 Å². The number of nitrogens with zero attached hydrogens (tertiary/aromatic N) is 1. The zero-order valence-corrected chi connectivity index (χ0v) is 10.7. The van der Waals surface area contributed by atoms with E-state index in [-0.39, 0.29) is 6.17 Å². The highest BCUT2D eigenvalue weighted by atomic mass is 15.1. The van der Waals surface area contributed by atoms with E-state index in [1.54, 1.807) is 0 Å². The van der Waals surface area contributed by atoms with E-state index in [1.807, 2.05) is 36.8 Å². The fraction of sp³-hybridized carbons (Fsp3) is 0.188. The largest absolute Gasteiger partial charge is 0.370 e. The third-order valence-electron chi connectivity index (χ3n) is 3.40. The Labute approximate surface area is 113 Å². The SMILES string of the molecule is C1=CNC(CC(c2ccccc2)c2ccccn2)N1. The molecule has 1 aliphatic rings. The maximum atomic E-state index is 4.52. The van der Waals surface area contributed by atoms with Gasteiger partial charge in [0.05, 0.1) is 6.17 Å². The zero-order valence-electron chi connectivity index (χ0n) is 10.7. The molecule has 3 nitrogen and oxygen atoms in total. The van der Waals surface area contributed by atoms with Crippen LogP contribution in [0.4, 0.5) is 0 Å². The normalized spacial score (nSPS) is 15.8. The second kappa shape index (κ2) is 5.57. The van der Waals surface area contributed by atoms with E-state index in [0.717, 1.165) is 12.1 Å². The maximum absolute atomic E-state index is 4.52. The van der Waals surface area contributed by atoms with Gasteiger partial charge in [0.25, 0.3) is 0 Å². The lowest BCUT2D eigenvalue weighted by atomic mass is 9.91. The van der Waals surface area contributed by atoms with E-state index < -0.39 is 0 Å². The summed E-state index contributed by atoms with van der Waals surface area (Å²) in [5.41, 5.74) is 2.42. The van der Waals surface area contributed by atoms with E-state index in [4.69, 9.17) is 0 Å². The van der Waals surface area contributed by atoms with Gasteiger partial charge in [-0.25, -0.2) is 0 Å². The summed E-state index contributed by atoms with van der Waals surface area (Å²) in [5, 5.41) is 6.61. The Morgan fingerprint density at radius 3 is 2.37 bits per heavy atom. The average molecular weight is 251 g/mol. The molecule has 1 atom stereocenters. The lowest BCUT2D eigenvalue weighted by Crippen LogP contribution is -2.32. The number of rotatable bonds is 4. The van der Waals surface area contributed by atoms with Crippen LogP contribution < -0.4 is 10.6 Å². The second-order valence-electron chi connectivity index (χ2n) is 4.67. The quantitative estimate of drug-likeness (QED) is 0.877. The van der Waals surface area contributed by atoms with Gasteiger partial charge in [0, 0.05) is 30.2 Å². The molecule has 0 fully saturated rings. The summed E-state index contributed by atoms with van der Waals surface area (Å²) in [4.78, 5) is 4.52. The van der Waals surface area contributed by atoms with Gasteiger partial charge < -0.3 is 10.6 Å². The van der Waals surface area contributed by atoms with Crippen molar-refractivity contribution >= 4 is 0 Å². The molecular weight excluding hydrogens is 234 g/mol. The molecule has 0 bridgehead atoms. The van der Waals surface area contributed by atoms with E-state index in [2.05, 4.69) is 45.9 Å². The molecule has 3 heteroatoms. The molecule has 0 aliphatic carbocycles. The smallest absolute Gasteiger partial charge is 0.0965 e. The van der Waals surface area contributed by atoms with E-state index in [0.29, 0.717) is 5.92 Å². The Morgan fingerprint density at radius 2 is 1.68 bits per heavy atom. The van der Waals surface area contributed by atoms with Crippen LogP contribution in [0.1, 0.15) is 23.6 Å². The van der Waals surface area contributed by atoms with Crippen molar-refractivity contribution < 1.29 is 0 Å². The first kappa shape index (κ1) is 11.8. The standard InChI is InChI=1S/C16H17N3/c1-2-6-13(7-3-1)14(12-16-18-10-11-19-16)15-8-4-5-9-17-15/h1-11,14,16,18-19H,12H2. The van der Waals surface area contributed by atoms with Crippen LogP contribution in [0.2, 0.25) is 0 Å². The van der Waals surface area contributed by atoms with Crippen LogP contribution in [-0.2, 0) is 0 Å². The van der Waals surface area contributed by atoms with Crippen LogP contribution in [0.5, 0.6) is 0 Å². The third-order valence-corrected chi connectivity index (χ3v) is 3.40. The van der Waals surface area contributed by atoms with Crippen LogP contribution in [0.3, 0.4) is 0 Å². The highest BCUT2D eigenvalue weighted by Gasteiger charge is 2.20. The first-order valence-corrected chi connectivity index (χ1v) is 6.56. The molecule has 96 valence electrons. The Bertz CT molecular complexity index is 489. The summed E-state index contributed by atoms with van der Waals surface area (Å²) >= 11 is 0. The molecule has 0 radical (unpaired) electrons. The fourth-order valence-electron chi connectivity index (χ4n) is 2.44. The molecule has 1 aromatic heterocycles. The summed E-state index contributed by atoms with van der Waals surface area (Å²) < 4.78 is 0. The molecule has 2 heterocycles. The molecule has 19 heavy (non-hydrogen) atoms. The van der Waals surface area contributed by atoms with Gasteiger partial charge in [0.15, 0.2) is 0 Å². The first-order valence-electron chi connectivity index (χ1n) is 6.56. The van der Waals surface area contributed by atoms with Gasteiger partial charge in [-0.3, -0.25) is 4.98 Å². The molecule has 2 N–H and O–H groups in total.